The summed E-state index contributed by atoms with van der Waals surface area (Å²) in [5, 5.41) is 4.04. The molecule has 166 valence electrons. The van der Waals surface area contributed by atoms with Gasteiger partial charge in [-0.15, -0.1) is 5.10 Å². The zero-order valence-electron chi connectivity index (χ0n) is 17.4. The number of hydrogen-bond acceptors (Lipinski definition) is 6. The Balaban J connectivity index is 2.27. The Bertz CT molecular complexity index is 840. The number of alkyl halides is 3. The number of esters is 1. The SMILES string of the molecule is CCCOC(=O)C(CC(C)C)Sc1ncn(-c2cc(OCC)cc(C(F)(F)F)c2)n1. The lowest BCUT2D eigenvalue weighted by molar-refractivity contribution is -0.143. The van der Waals surface area contributed by atoms with E-state index in [2.05, 4.69) is 10.1 Å². The van der Waals surface area contributed by atoms with Gasteiger partial charge in [0.15, 0.2) is 0 Å². The van der Waals surface area contributed by atoms with Crippen LogP contribution < -0.4 is 4.74 Å². The van der Waals surface area contributed by atoms with Gasteiger partial charge in [0.2, 0.25) is 5.16 Å². The smallest absolute Gasteiger partial charge is 0.416 e. The lowest BCUT2D eigenvalue weighted by atomic mass is 10.1. The first-order valence-electron chi connectivity index (χ1n) is 9.74. The number of rotatable bonds is 10. The molecule has 0 radical (unpaired) electrons. The number of hydrogen-bond donors (Lipinski definition) is 0. The maximum Gasteiger partial charge on any atom is 0.416 e. The summed E-state index contributed by atoms with van der Waals surface area (Å²) >= 11 is 1.14. The van der Waals surface area contributed by atoms with Crippen LogP contribution in [0.1, 0.15) is 46.1 Å². The van der Waals surface area contributed by atoms with Crippen molar-refractivity contribution in [1.29, 1.82) is 0 Å². The minimum absolute atomic E-state index is 0.0906. The van der Waals surface area contributed by atoms with Crippen LogP contribution >= 0.6 is 11.8 Å². The van der Waals surface area contributed by atoms with Crippen molar-refractivity contribution < 1.29 is 27.4 Å². The van der Waals surface area contributed by atoms with Crippen LogP contribution in [0.25, 0.3) is 5.69 Å². The zero-order chi connectivity index (χ0) is 22.3. The van der Waals surface area contributed by atoms with Gasteiger partial charge < -0.3 is 9.47 Å². The van der Waals surface area contributed by atoms with Crippen LogP contribution in [0.2, 0.25) is 0 Å². The van der Waals surface area contributed by atoms with Gasteiger partial charge in [-0.25, -0.2) is 9.67 Å². The summed E-state index contributed by atoms with van der Waals surface area (Å²) in [6.07, 6.45) is -1.92. The summed E-state index contributed by atoms with van der Waals surface area (Å²) in [5.41, 5.74) is -0.671. The molecule has 1 heterocycles. The first-order chi connectivity index (χ1) is 14.1. The third-order valence-electron chi connectivity index (χ3n) is 3.91. The number of nitrogens with zero attached hydrogens (tertiary/aromatic N) is 3. The third kappa shape index (κ3) is 6.93. The van der Waals surface area contributed by atoms with Crippen molar-refractivity contribution in [1.82, 2.24) is 14.8 Å². The Morgan fingerprint density at radius 2 is 1.97 bits per heavy atom. The largest absolute Gasteiger partial charge is 0.494 e. The second-order valence-electron chi connectivity index (χ2n) is 7.02. The standard InChI is InChI=1S/C20H26F3N3O3S/c1-5-7-29-18(27)17(8-13(3)4)30-19-24-12-26(25-19)15-9-14(20(21,22)23)10-16(11-15)28-6-2/h9-13,17H,5-8H2,1-4H3. The van der Waals surface area contributed by atoms with Crippen LogP contribution in [-0.2, 0) is 15.7 Å². The maximum absolute atomic E-state index is 13.2. The van der Waals surface area contributed by atoms with E-state index in [0.29, 0.717) is 13.0 Å². The molecule has 1 aromatic heterocycles. The van der Waals surface area contributed by atoms with Crippen molar-refractivity contribution in [3.05, 3.63) is 30.1 Å². The molecule has 1 atom stereocenters. The molecule has 6 nitrogen and oxygen atoms in total. The molecule has 1 unspecified atom stereocenters. The fourth-order valence-electron chi connectivity index (χ4n) is 2.60. The van der Waals surface area contributed by atoms with E-state index in [9.17, 15) is 18.0 Å². The predicted molar refractivity (Wildman–Crippen MR) is 108 cm³/mol. The highest BCUT2D eigenvalue weighted by atomic mass is 32.2. The van der Waals surface area contributed by atoms with E-state index in [-0.39, 0.29) is 35.1 Å². The summed E-state index contributed by atoms with van der Waals surface area (Å²) in [6.45, 7) is 8.15. The van der Waals surface area contributed by atoms with Gasteiger partial charge in [-0.2, -0.15) is 13.2 Å². The number of halogens is 3. The van der Waals surface area contributed by atoms with Crippen molar-refractivity contribution in [2.24, 2.45) is 5.92 Å². The van der Waals surface area contributed by atoms with Gasteiger partial charge in [0.1, 0.15) is 17.3 Å². The minimum Gasteiger partial charge on any atom is -0.494 e. The van der Waals surface area contributed by atoms with Gasteiger partial charge >= 0.3 is 12.1 Å². The van der Waals surface area contributed by atoms with Crippen LogP contribution in [0.4, 0.5) is 13.2 Å². The molecular weight excluding hydrogens is 419 g/mol. The molecule has 2 rings (SSSR count). The predicted octanol–water partition coefficient (Wildman–Crippen LogP) is 5.14. The fraction of sp³-hybridized carbons (Fsp3) is 0.550. The maximum atomic E-state index is 13.2. The summed E-state index contributed by atoms with van der Waals surface area (Å²) < 4.78 is 51.5. The van der Waals surface area contributed by atoms with E-state index in [4.69, 9.17) is 9.47 Å². The fourth-order valence-corrected chi connectivity index (χ4v) is 3.74. The molecule has 0 aliphatic rings. The number of carbonyl (C=O) groups is 1. The van der Waals surface area contributed by atoms with Gasteiger partial charge in [0.25, 0.3) is 0 Å². The van der Waals surface area contributed by atoms with Crippen molar-refractivity contribution in [3.63, 3.8) is 0 Å². The van der Waals surface area contributed by atoms with Gasteiger partial charge in [-0.1, -0.05) is 32.5 Å². The highest BCUT2D eigenvalue weighted by Gasteiger charge is 2.32. The number of carbonyl (C=O) groups excluding carboxylic acids is 1. The Morgan fingerprint density at radius 3 is 2.57 bits per heavy atom. The highest BCUT2D eigenvalue weighted by molar-refractivity contribution is 8.00. The van der Waals surface area contributed by atoms with Crippen LogP contribution in [-0.4, -0.2) is 39.2 Å². The molecule has 10 heteroatoms. The molecule has 0 N–H and O–H groups in total. The molecule has 0 saturated heterocycles. The molecule has 1 aromatic carbocycles. The molecule has 2 aromatic rings. The number of aromatic nitrogens is 3. The molecule has 0 bridgehead atoms. The Hall–Kier alpha value is -2.23. The lowest BCUT2D eigenvalue weighted by Gasteiger charge is -2.15. The second kappa shape index (κ2) is 10.7. The lowest BCUT2D eigenvalue weighted by Crippen LogP contribution is -2.22. The van der Waals surface area contributed by atoms with Crippen molar-refractivity contribution in [3.8, 4) is 11.4 Å². The monoisotopic (exact) mass is 445 g/mol. The molecule has 0 saturated carbocycles. The molecule has 0 aliphatic carbocycles. The van der Waals surface area contributed by atoms with Crippen LogP contribution in [0, 0.1) is 5.92 Å². The zero-order valence-corrected chi connectivity index (χ0v) is 18.2. The Labute approximate surface area is 178 Å². The van der Waals surface area contributed by atoms with E-state index in [1.54, 1.807) is 6.92 Å². The summed E-state index contributed by atoms with van der Waals surface area (Å²) in [6, 6.07) is 3.39. The molecule has 0 amide bonds. The van der Waals surface area contributed by atoms with Crippen molar-refractivity contribution in [2.45, 2.75) is 57.1 Å². The van der Waals surface area contributed by atoms with E-state index in [1.165, 1.54) is 17.1 Å². The average molecular weight is 446 g/mol. The first-order valence-corrected chi connectivity index (χ1v) is 10.6. The summed E-state index contributed by atoms with van der Waals surface area (Å²) in [5.74, 6) is -0.00608. The van der Waals surface area contributed by atoms with Crippen LogP contribution in [0.3, 0.4) is 0 Å². The molecule has 0 spiro atoms. The van der Waals surface area contributed by atoms with Crippen molar-refractivity contribution >= 4 is 17.7 Å². The van der Waals surface area contributed by atoms with Gasteiger partial charge in [-0.05, 0) is 37.8 Å². The van der Waals surface area contributed by atoms with Gasteiger partial charge in [0.05, 0.1) is 24.5 Å². The quantitative estimate of drug-likeness (QED) is 0.372. The van der Waals surface area contributed by atoms with E-state index < -0.39 is 17.0 Å². The number of ether oxygens (including phenoxy) is 2. The van der Waals surface area contributed by atoms with Crippen LogP contribution in [0.15, 0.2) is 29.7 Å². The molecule has 30 heavy (non-hydrogen) atoms. The van der Waals surface area contributed by atoms with E-state index in [1.807, 2.05) is 20.8 Å². The minimum atomic E-state index is -4.52. The summed E-state index contributed by atoms with van der Waals surface area (Å²) in [7, 11) is 0. The summed E-state index contributed by atoms with van der Waals surface area (Å²) in [4.78, 5) is 16.5. The normalized spacial score (nSPS) is 12.8. The molecule has 0 fully saturated rings. The average Bonchev–Trinajstić information content (AvgIpc) is 3.13. The third-order valence-corrected chi connectivity index (χ3v) is 4.98. The molecule has 0 aliphatic heterocycles. The van der Waals surface area contributed by atoms with Crippen LogP contribution in [0.5, 0.6) is 5.75 Å². The van der Waals surface area contributed by atoms with Crippen molar-refractivity contribution in [2.75, 3.05) is 13.2 Å². The van der Waals surface area contributed by atoms with E-state index >= 15 is 0 Å². The Kier molecular flexibility index (Phi) is 8.57. The Morgan fingerprint density at radius 1 is 1.23 bits per heavy atom. The first kappa shape index (κ1) is 24.0. The van der Waals surface area contributed by atoms with Gasteiger partial charge in [-0.3, -0.25) is 4.79 Å². The van der Waals surface area contributed by atoms with E-state index in [0.717, 1.165) is 30.3 Å². The second-order valence-corrected chi connectivity index (χ2v) is 8.19. The number of thioether (sulfide) groups is 1. The highest BCUT2D eigenvalue weighted by Crippen LogP contribution is 2.34. The van der Waals surface area contributed by atoms with Gasteiger partial charge in [0, 0.05) is 6.07 Å². The molecular formula is C20H26F3N3O3S. The number of benzene rings is 1. The topological polar surface area (TPSA) is 66.2 Å².